The van der Waals surface area contributed by atoms with Crippen LogP contribution in [-0.4, -0.2) is 78.6 Å². The zero-order valence-corrected chi connectivity index (χ0v) is 41.3. The fraction of sp³-hybridized carbons (Fsp3) is 0.315. The van der Waals surface area contributed by atoms with E-state index in [2.05, 4.69) is 55.7 Å². The Hall–Kier alpha value is -7.31. The van der Waals surface area contributed by atoms with Crippen molar-refractivity contribution in [2.45, 2.75) is 77.2 Å². The first-order valence-electron chi connectivity index (χ1n) is 23.7. The third-order valence-electron chi connectivity index (χ3n) is 12.7. The number of non-ortho nitro benzene ring substituents is 1. The third kappa shape index (κ3) is 11.3. The maximum absolute atomic E-state index is 14.2. The Morgan fingerprint density at radius 2 is 1.39 bits per heavy atom. The summed E-state index contributed by atoms with van der Waals surface area (Å²) in [7, 11) is -3.02. The zero-order valence-electron chi connectivity index (χ0n) is 40.3. The lowest BCUT2D eigenvalue weighted by Crippen LogP contribution is -2.66. The molecule has 16 nitrogen and oxygen atoms in total. The van der Waals surface area contributed by atoms with E-state index >= 15 is 0 Å². The van der Waals surface area contributed by atoms with Gasteiger partial charge >= 0.3 is 11.9 Å². The SMILES string of the molecule is CC(C)C(=O)NC1=NC(OCCc2ccc([N+](=O)[O-])cc2)c2ncn([C@@H]3O[C@H](CCO[Si](c4ccccc4)(c4ccccc4)C(C)(C)C)[C@@H](COC(=O)c4ccccc4)[C@H]3OC(=O)c3ccccc3)c2N1. The van der Waals surface area contributed by atoms with Crippen molar-refractivity contribution in [3.8, 4) is 0 Å². The van der Waals surface area contributed by atoms with Gasteiger partial charge in [-0.15, -0.1) is 0 Å². The molecule has 0 aliphatic carbocycles. The van der Waals surface area contributed by atoms with Crippen LogP contribution in [0.25, 0.3) is 0 Å². The molecule has 1 saturated heterocycles. The number of anilines is 1. The molecule has 71 heavy (non-hydrogen) atoms. The Bertz CT molecular complexity index is 2770. The van der Waals surface area contributed by atoms with Gasteiger partial charge in [0.25, 0.3) is 14.0 Å². The Morgan fingerprint density at radius 3 is 1.96 bits per heavy atom. The van der Waals surface area contributed by atoms with Crippen LogP contribution in [0.2, 0.25) is 5.04 Å². The van der Waals surface area contributed by atoms with Crippen LogP contribution in [0.5, 0.6) is 0 Å². The molecule has 5 atom stereocenters. The number of guanidine groups is 1. The molecule has 17 heteroatoms. The molecule has 3 heterocycles. The molecule has 0 radical (unpaired) electrons. The van der Waals surface area contributed by atoms with E-state index in [4.69, 9.17) is 33.3 Å². The monoisotopic (exact) mass is 978 g/mol. The fourth-order valence-corrected chi connectivity index (χ4v) is 13.6. The highest BCUT2D eigenvalue weighted by molar-refractivity contribution is 6.99. The van der Waals surface area contributed by atoms with Gasteiger partial charge in [0, 0.05) is 24.7 Å². The molecule has 8 rings (SSSR count). The third-order valence-corrected chi connectivity index (χ3v) is 17.7. The number of fused-ring (bicyclic) bond motifs is 1. The highest BCUT2D eigenvalue weighted by Crippen LogP contribution is 2.43. The van der Waals surface area contributed by atoms with Crippen LogP contribution >= 0.6 is 0 Å². The number of carbonyl (C=O) groups is 3. The number of benzene rings is 5. The molecule has 1 aromatic heterocycles. The van der Waals surface area contributed by atoms with Crippen LogP contribution in [0.1, 0.15) is 85.5 Å². The van der Waals surface area contributed by atoms with Crippen LogP contribution in [0.4, 0.5) is 11.5 Å². The number of ether oxygens (including phenoxy) is 4. The van der Waals surface area contributed by atoms with Crippen molar-refractivity contribution in [3.63, 3.8) is 0 Å². The van der Waals surface area contributed by atoms with E-state index in [-0.39, 0.29) is 42.4 Å². The second-order valence-corrected chi connectivity index (χ2v) is 23.1. The van der Waals surface area contributed by atoms with Crippen molar-refractivity contribution in [3.05, 3.63) is 184 Å². The smallest absolute Gasteiger partial charge is 0.338 e. The molecule has 0 spiro atoms. The highest BCUT2D eigenvalue weighted by atomic mass is 28.4. The van der Waals surface area contributed by atoms with Crippen molar-refractivity contribution in [1.82, 2.24) is 14.9 Å². The van der Waals surface area contributed by atoms with Crippen LogP contribution in [0, 0.1) is 22.0 Å². The number of aliphatic imine (C=N–C) groups is 1. The highest BCUT2D eigenvalue weighted by Gasteiger charge is 2.53. The summed E-state index contributed by atoms with van der Waals surface area (Å²) in [4.78, 5) is 61.3. The number of esters is 2. The number of rotatable bonds is 18. The van der Waals surface area contributed by atoms with Gasteiger partial charge in [-0.2, -0.15) is 0 Å². The van der Waals surface area contributed by atoms with Crippen molar-refractivity contribution in [1.29, 1.82) is 0 Å². The van der Waals surface area contributed by atoms with Crippen molar-refractivity contribution in [2.75, 3.05) is 25.1 Å². The van der Waals surface area contributed by atoms with Gasteiger partial charge in [0.2, 0.25) is 11.9 Å². The van der Waals surface area contributed by atoms with Gasteiger partial charge in [0.1, 0.15) is 18.1 Å². The second-order valence-electron chi connectivity index (χ2n) is 18.8. The molecule has 2 N–H and O–H groups in total. The van der Waals surface area contributed by atoms with Gasteiger partial charge in [-0.3, -0.25) is 24.8 Å². The van der Waals surface area contributed by atoms with Crippen LogP contribution < -0.4 is 21.0 Å². The summed E-state index contributed by atoms with van der Waals surface area (Å²) in [5.41, 5.74) is 1.81. The molecule has 6 aromatic rings. The average molecular weight is 979 g/mol. The van der Waals surface area contributed by atoms with Crippen LogP contribution in [-0.2, 0) is 34.6 Å². The summed E-state index contributed by atoms with van der Waals surface area (Å²) in [5.74, 6) is -2.14. The molecule has 368 valence electrons. The minimum Gasteiger partial charge on any atom is -0.462 e. The lowest BCUT2D eigenvalue weighted by atomic mass is 9.96. The molecular weight excluding hydrogens is 921 g/mol. The number of nitrogens with one attached hydrogen (secondary N) is 2. The van der Waals surface area contributed by atoms with Gasteiger partial charge < -0.3 is 28.7 Å². The molecule has 5 aromatic carbocycles. The molecule has 1 unspecified atom stereocenters. The molecule has 0 saturated carbocycles. The molecule has 1 amide bonds. The number of aromatic nitrogens is 2. The van der Waals surface area contributed by atoms with Gasteiger partial charge in [0.15, 0.2) is 18.6 Å². The normalized spacial score (nSPS) is 18.7. The van der Waals surface area contributed by atoms with Crippen LogP contribution in [0.3, 0.4) is 0 Å². The number of hydrogen-bond donors (Lipinski definition) is 2. The predicted octanol–water partition coefficient (Wildman–Crippen LogP) is 8.17. The Morgan fingerprint density at radius 1 is 0.817 bits per heavy atom. The predicted molar refractivity (Wildman–Crippen MR) is 270 cm³/mol. The number of nitrogens with zero attached hydrogens (tertiary/aromatic N) is 4. The number of hydrogen-bond acceptors (Lipinski definition) is 13. The Kier molecular flexibility index (Phi) is 15.7. The molecular formula is C54H58N6O10Si. The standard InChI is InChI=1S/C54H58N6O10Si/c1-36(2)48(61)57-53-56-47-45(49(58-53)66-32-30-37-26-28-40(29-27-37)60(64)65)55-35-59(47)50-46(70-52(63)39-20-12-7-13-21-39)43(34-67-51(62)38-18-10-6-11-19-38)44(69-50)31-33-68-71(54(3,4)5,41-22-14-8-15-23-41)42-24-16-9-17-25-42/h6-29,35-36,43-44,46,49-50H,30-34H2,1-5H3,(H2,56,57,58,61)/t43-,44-,46-,49?,50-/m1/s1. The first-order chi connectivity index (χ1) is 34.2. The summed E-state index contributed by atoms with van der Waals surface area (Å²) in [5, 5.41) is 19.2. The lowest BCUT2D eigenvalue weighted by molar-refractivity contribution is -0.384. The molecule has 0 bridgehead atoms. The van der Waals surface area contributed by atoms with E-state index in [1.165, 1.54) is 18.5 Å². The molecule has 2 aliphatic heterocycles. The largest absolute Gasteiger partial charge is 0.462 e. The lowest BCUT2D eigenvalue weighted by Gasteiger charge is -2.43. The van der Waals surface area contributed by atoms with E-state index in [9.17, 15) is 24.5 Å². The summed E-state index contributed by atoms with van der Waals surface area (Å²) < 4.78 is 35.0. The van der Waals surface area contributed by atoms with Crippen molar-refractivity contribution < 1.29 is 42.7 Å². The number of carbonyl (C=O) groups excluding carboxylic acids is 3. The molecule has 2 aliphatic rings. The van der Waals surface area contributed by atoms with Crippen molar-refractivity contribution >= 4 is 54.0 Å². The summed E-state index contributed by atoms with van der Waals surface area (Å²) >= 11 is 0. The van der Waals surface area contributed by atoms with Gasteiger partial charge in [-0.1, -0.05) is 144 Å². The number of nitro benzene ring substituents is 1. The quantitative estimate of drug-likeness (QED) is 0.0364. The van der Waals surface area contributed by atoms with Gasteiger partial charge in [-0.25, -0.2) is 19.6 Å². The summed E-state index contributed by atoms with van der Waals surface area (Å²) in [6.45, 7) is 10.3. The zero-order chi connectivity index (χ0) is 50.1. The van der Waals surface area contributed by atoms with Gasteiger partial charge in [-0.05, 0) is 58.1 Å². The second kappa shape index (κ2) is 22.2. The van der Waals surface area contributed by atoms with E-state index in [0.717, 1.165) is 15.9 Å². The first kappa shape index (κ1) is 50.1. The Balaban J connectivity index is 1.16. The van der Waals surface area contributed by atoms with Gasteiger partial charge in [0.05, 0.1) is 41.0 Å². The Labute approximate surface area is 413 Å². The van der Waals surface area contributed by atoms with E-state index in [1.807, 2.05) is 42.5 Å². The maximum atomic E-state index is 14.2. The minimum atomic E-state index is -3.02. The first-order valence-corrected chi connectivity index (χ1v) is 25.6. The minimum absolute atomic E-state index is 0.0224. The van der Waals surface area contributed by atoms with E-state index < -0.39 is 61.7 Å². The van der Waals surface area contributed by atoms with E-state index in [0.29, 0.717) is 35.5 Å². The van der Waals surface area contributed by atoms with Crippen molar-refractivity contribution in [2.24, 2.45) is 16.8 Å². The molecule has 1 fully saturated rings. The topological polar surface area (TPSA) is 195 Å². The summed E-state index contributed by atoms with van der Waals surface area (Å²) in [6.07, 6.45) is -1.62. The number of imidazole rings is 1. The van der Waals surface area contributed by atoms with E-state index in [1.54, 1.807) is 85.1 Å². The number of nitro groups is 1. The maximum Gasteiger partial charge on any atom is 0.338 e. The summed E-state index contributed by atoms with van der Waals surface area (Å²) in [6, 6.07) is 44.1. The fourth-order valence-electron chi connectivity index (χ4n) is 9.03. The number of amides is 1. The average Bonchev–Trinajstić information content (AvgIpc) is 3.95. The van der Waals surface area contributed by atoms with Crippen LogP contribution in [0.15, 0.2) is 157 Å².